The first-order valence-electron chi connectivity index (χ1n) is 10.6. The first kappa shape index (κ1) is 24.2. The topological polar surface area (TPSA) is 80.8 Å². The summed E-state index contributed by atoms with van der Waals surface area (Å²) in [6.45, 7) is 2.58. The van der Waals surface area contributed by atoms with Gasteiger partial charge in [0.1, 0.15) is 0 Å². The molecule has 0 radical (unpaired) electrons. The molecular formula is C24H26ClNO5S. The number of ether oxygens (including phenoxy) is 1. The average molecular weight is 476 g/mol. The molecule has 0 bridgehead atoms. The van der Waals surface area contributed by atoms with Crippen LogP contribution in [0.3, 0.4) is 0 Å². The zero-order valence-corrected chi connectivity index (χ0v) is 19.4. The molecule has 0 saturated carbocycles. The van der Waals surface area contributed by atoms with Crippen LogP contribution in [-0.2, 0) is 19.6 Å². The van der Waals surface area contributed by atoms with E-state index in [1.807, 2.05) is 0 Å². The molecular weight excluding hydrogens is 450 g/mol. The van der Waals surface area contributed by atoms with Gasteiger partial charge in [-0.2, -0.15) is 4.31 Å². The molecule has 0 N–H and O–H groups in total. The monoisotopic (exact) mass is 475 g/mol. The number of carbonyl (C=O) groups excluding carboxylic acids is 2. The van der Waals surface area contributed by atoms with Gasteiger partial charge >= 0.3 is 5.97 Å². The molecule has 0 spiro atoms. The van der Waals surface area contributed by atoms with E-state index in [0.29, 0.717) is 29.2 Å². The van der Waals surface area contributed by atoms with Gasteiger partial charge in [0.25, 0.3) is 0 Å². The number of sulfonamides is 1. The zero-order valence-electron chi connectivity index (χ0n) is 17.9. The van der Waals surface area contributed by atoms with Gasteiger partial charge in [-0.1, -0.05) is 48.7 Å². The molecule has 1 unspecified atom stereocenters. The van der Waals surface area contributed by atoms with Crippen molar-refractivity contribution in [3.8, 4) is 0 Å². The predicted octanol–water partition coefficient (Wildman–Crippen LogP) is 4.73. The normalized spacial score (nSPS) is 16.4. The third-order valence-electron chi connectivity index (χ3n) is 5.27. The van der Waals surface area contributed by atoms with Crippen molar-refractivity contribution in [3.05, 3.63) is 70.8 Å². The van der Waals surface area contributed by atoms with E-state index in [0.717, 1.165) is 25.7 Å². The van der Waals surface area contributed by atoms with Crippen LogP contribution in [0, 0.1) is 0 Å². The standard InChI is InChI=1S/C24H26ClNO5S/c1-18(24(28)20-7-6-8-21(25)17-20)31-23(27)14-11-19-9-12-22(13-10-19)32(29,30)26-15-4-2-3-5-16-26/h6-14,17-18H,2-5,15-16H2,1H3/b14-11+. The minimum Gasteiger partial charge on any atom is -0.451 e. The number of hydrogen-bond donors (Lipinski definition) is 0. The summed E-state index contributed by atoms with van der Waals surface area (Å²) in [5.41, 5.74) is 1.01. The summed E-state index contributed by atoms with van der Waals surface area (Å²) in [7, 11) is -3.52. The maximum absolute atomic E-state index is 12.8. The van der Waals surface area contributed by atoms with Gasteiger partial charge in [-0.3, -0.25) is 4.79 Å². The summed E-state index contributed by atoms with van der Waals surface area (Å²) in [5, 5.41) is 0.426. The fourth-order valence-corrected chi connectivity index (χ4v) is 5.20. The molecule has 0 amide bonds. The Morgan fingerprint density at radius 1 is 1.03 bits per heavy atom. The number of benzene rings is 2. The van der Waals surface area contributed by atoms with E-state index in [9.17, 15) is 18.0 Å². The minimum atomic E-state index is -3.52. The highest BCUT2D eigenvalue weighted by atomic mass is 35.5. The summed E-state index contributed by atoms with van der Waals surface area (Å²) < 4.78 is 32.4. The Hall–Kier alpha value is -2.48. The molecule has 2 aromatic carbocycles. The van der Waals surface area contributed by atoms with Crippen LogP contribution in [0.1, 0.15) is 48.5 Å². The van der Waals surface area contributed by atoms with Gasteiger partial charge in [0, 0.05) is 29.8 Å². The lowest BCUT2D eigenvalue weighted by atomic mass is 10.1. The van der Waals surface area contributed by atoms with E-state index in [1.54, 1.807) is 34.6 Å². The van der Waals surface area contributed by atoms with Gasteiger partial charge in [0.2, 0.25) is 15.8 Å². The van der Waals surface area contributed by atoms with Crippen LogP contribution in [0.25, 0.3) is 6.08 Å². The molecule has 1 atom stereocenters. The zero-order chi connectivity index (χ0) is 23.1. The second-order valence-corrected chi connectivity index (χ2v) is 10.0. The van der Waals surface area contributed by atoms with Crippen molar-refractivity contribution >= 4 is 39.5 Å². The Morgan fingerprint density at radius 3 is 2.31 bits per heavy atom. The number of carbonyl (C=O) groups is 2. The molecule has 1 fully saturated rings. The highest BCUT2D eigenvalue weighted by Gasteiger charge is 2.25. The van der Waals surface area contributed by atoms with E-state index < -0.39 is 22.1 Å². The molecule has 0 aromatic heterocycles. The Kier molecular flexibility index (Phi) is 8.23. The van der Waals surface area contributed by atoms with Gasteiger partial charge in [-0.15, -0.1) is 0 Å². The van der Waals surface area contributed by atoms with Crippen LogP contribution >= 0.6 is 11.6 Å². The van der Waals surface area contributed by atoms with Crippen molar-refractivity contribution < 1.29 is 22.7 Å². The number of Topliss-reactive ketones (excluding diaryl/α,β-unsaturated/α-hetero) is 1. The number of rotatable bonds is 7. The fourth-order valence-electron chi connectivity index (χ4n) is 3.49. The molecule has 1 aliphatic heterocycles. The van der Waals surface area contributed by atoms with Crippen LogP contribution in [0.15, 0.2) is 59.5 Å². The second kappa shape index (κ2) is 10.9. The Morgan fingerprint density at radius 2 is 1.69 bits per heavy atom. The van der Waals surface area contributed by atoms with E-state index in [4.69, 9.17) is 16.3 Å². The molecule has 1 saturated heterocycles. The first-order chi connectivity index (χ1) is 15.3. The molecule has 2 aromatic rings. The van der Waals surface area contributed by atoms with Crippen molar-refractivity contribution in [3.63, 3.8) is 0 Å². The largest absolute Gasteiger partial charge is 0.451 e. The molecule has 170 valence electrons. The number of hydrogen-bond acceptors (Lipinski definition) is 5. The second-order valence-electron chi connectivity index (χ2n) is 7.67. The van der Waals surface area contributed by atoms with Gasteiger partial charge in [-0.05, 0) is 55.7 Å². The SMILES string of the molecule is CC(OC(=O)/C=C/c1ccc(S(=O)(=O)N2CCCCCC2)cc1)C(=O)c1cccc(Cl)c1. The Bertz CT molecular complexity index is 1090. The van der Waals surface area contributed by atoms with Gasteiger partial charge in [0.05, 0.1) is 4.90 Å². The number of esters is 1. The molecule has 3 rings (SSSR count). The number of nitrogens with zero attached hydrogens (tertiary/aromatic N) is 1. The molecule has 6 nitrogen and oxygen atoms in total. The van der Waals surface area contributed by atoms with Crippen LogP contribution in [0.2, 0.25) is 5.02 Å². The summed E-state index contributed by atoms with van der Waals surface area (Å²) in [6.07, 6.45) is 5.61. The average Bonchev–Trinajstić information content (AvgIpc) is 3.08. The summed E-state index contributed by atoms with van der Waals surface area (Å²) >= 11 is 5.90. The van der Waals surface area contributed by atoms with Crippen molar-refractivity contribution in [2.45, 2.75) is 43.6 Å². The maximum atomic E-state index is 12.8. The highest BCUT2D eigenvalue weighted by Crippen LogP contribution is 2.21. The Balaban J connectivity index is 1.60. The first-order valence-corrected chi connectivity index (χ1v) is 12.4. The summed E-state index contributed by atoms with van der Waals surface area (Å²) in [5.74, 6) is -1.02. The van der Waals surface area contributed by atoms with Crippen LogP contribution in [0.4, 0.5) is 0 Å². The van der Waals surface area contributed by atoms with Gasteiger partial charge in [0.15, 0.2) is 6.10 Å². The van der Waals surface area contributed by atoms with E-state index in [1.165, 1.54) is 37.3 Å². The quantitative estimate of drug-likeness (QED) is 0.328. The van der Waals surface area contributed by atoms with Crippen molar-refractivity contribution in [1.29, 1.82) is 0 Å². The molecule has 1 heterocycles. The van der Waals surface area contributed by atoms with Crippen molar-refractivity contribution in [1.82, 2.24) is 4.31 Å². The third-order valence-corrected chi connectivity index (χ3v) is 7.41. The number of ketones is 1. The molecule has 1 aliphatic rings. The summed E-state index contributed by atoms with van der Waals surface area (Å²) in [6, 6.07) is 12.8. The van der Waals surface area contributed by atoms with Crippen molar-refractivity contribution in [2.24, 2.45) is 0 Å². The van der Waals surface area contributed by atoms with Crippen molar-refractivity contribution in [2.75, 3.05) is 13.1 Å². The smallest absolute Gasteiger partial charge is 0.331 e. The predicted molar refractivity (Wildman–Crippen MR) is 124 cm³/mol. The maximum Gasteiger partial charge on any atom is 0.331 e. The van der Waals surface area contributed by atoms with Gasteiger partial charge in [-0.25, -0.2) is 13.2 Å². The lowest BCUT2D eigenvalue weighted by Gasteiger charge is -2.19. The molecule has 0 aliphatic carbocycles. The summed E-state index contributed by atoms with van der Waals surface area (Å²) in [4.78, 5) is 24.7. The highest BCUT2D eigenvalue weighted by molar-refractivity contribution is 7.89. The van der Waals surface area contributed by atoms with Crippen LogP contribution in [-0.4, -0.2) is 43.7 Å². The lowest BCUT2D eigenvalue weighted by molar-refractivity contribution is -0.140. The minimum absolute atomic E-state index is 0.236. The van der Waals surface area contributed by atoms with Gasteiger partial charge < -0.3 is 4.74 Å². The van der Waals surface area contributed by atoms with Crippen LogP contribution in [0.5, 0.6) is 0 Å². The van der Waals surface area contributed by atoms with E-state index in [2.05, 4.69) is 0 Å². The van der Waals surface area contributed by atoms with E-state index in [-0.39, 0.29) is 10.7 Å². The molecule has 32 heavy (non-hydrogen) atoms. The number of halogens is 1. The molecule has 8 heteroatoms. The third kappa shape index (κ3) is 6.28. The van der Waals surface area contributed by atoms with E-state index >= 15 is 0 Å². The van der Waals surface area contributed by atoms with Crippen LogP contribution < -0.4 is 0 Å². The Labute approximate surface area is 193 Å². The lowest BCUT2D eigenvalue weighted by Crippen LogP contribution is -2.31. The fraction of sp³-hybridized carbons (Fsp3) is 0.333.